The number of hydrogen-bond donors (Lipinski definition) is 2. The predicted molar refractivity (Wildman–Crippen MR) is 114 cm³/mol. The number of aromatic nitrogens is 2. The number of nitrogens with zero attached hydrogens (tertiary/aromatic N) is 2. The first-order valence-electron chi connectivity index (χ1n) is 8.60. The van der Waals surface area contributed by atoms with Gasteiger partial charge in [-0.25, -0.2) is 4.79 Å². The van der Waals surface area contributed by atoms with Crippen LogP contribution in [0.1, 0.15) is 23.9 Å². The largest absolute Gasteiger partial charge is 0.486 e. The average Bonchev–Trinajstić information content (AvgIpc) is 3.11. The smallest absolute Gasteiger partial charge is 0.325 e. The summed E-state index contributed by atoms with van der Waals surface area (Å²) in [6, 6.07) is 12.3. The van der Waals surface area contributed by atoms with Crippen LogP contribution in [0.25, 0.3) is 0 Å². The number of urea groups is 1. The van der Waals surface area contributed by atoms with Crippen molar-refractivity contribution in [3.63, 3.8) is 0 Å². The number of rotatable bonds is 7. The van der Waals surface area contributed by atoms with Gasteiger partial charge in [-0.15, -0.1) is 10.2 Å². The zero-order chi connectivity index (χ0) is 19.9. The summed E-state index contributed by atoms with van der Waals surface area (Å²) in [7, 11) is 0. The van der Waals surface area contributed by atoms with Crippen molar-refractivity contribution in [1.29, 1.82) is 0 Å². The van der Waals surface area contributed by atoms with Gasteiger partial charge in [-0.2, -0.15) is 0 Å². The Kier molecular flexibility index (Phi) is 7.08. The molecule has 0 aliphatic rings. The third-order valence-electron chi connectivity index (χ3n) is 3.69. The van der Waals surface area contributed by atoms with Gasteiger partial charge in [0.25, 0.3) is 0 Å². The summed E-state index contributed by atoms with van der Waals surface area (Å²) in [6.07, 6.45) is 2.16. The Labute approximate surface area is 176 Å². The normalized spacial score (nSPS) is 10.5. The van der Waals surface area contributed by atoms with E-state index < -0.39 is 6.03 Å². The number of anilines is 2. The molecular weight excluding hydrogens is 419 g/mol. The summed E-state index contributed by atoms with van der Waals surface area (Å²) in [4.78, 5) is 12.1. The minimum Gasteiger partial charge on any atom is -0.486 e. The first-order chi connectivity index (χ1) is 13.5. The number of amides is 2. The molecule has 3 aromatic rings. The van der Waals surface area contributed by atoms with Crippen molar-refractivity contribution in [2.45, 2.75) is 26.4 Å². The molecule has 2 aromatic carbocycles. The van der Waals surface area contributed by atoms with Crippen LogP contribution in [-0.4, -0.2) is 16.2 Å². The van der Waals surface area contributed by atoms with Crippen molar-refractivity contribution in [2.24, 2.45) is 0 Å². The van der Waals surface area contributed by atoms with Crippen molar-refractivity contribution in [1.82, 2.24) is 10.2 Å². The van der Waals surface area contributed by atoms with Gasteiger partial charge in [-0.3, -0.25) is 5.32 Å². The standard InChI is InChI=1S/C19H18Cl2N4O2S/c1-2-3-12-4-7-14(8-5-12)27-11-17-24-25-19(28-17)23-18(26)22-16-9-6-13(20)10-15(16)21/h4-10H,2-3,11H2,1H3,(H2,22,23,25,26). The van der Waals surface area contributed by atoms with Crippen LogP contribution in [0.5, 0.6) is 5.75 Å². The van der Waals surface area contributed by atoms with Crippen LogP contribution < -0.4 is 15.4 Å². The maximum absolute atomic E-state index is 12.1. The monoisotopic (exact) mass is 436 g/mol. The lowest BCUT2D eigenvalue weighted by molar-refractivity contribution is 0.262. The summed E-state index contributed by atoms with van der Waals surface area (Å²) in [5.41, 5.74) is 1.73. The highest BCUT2D eigenvalue weighted by Crippen LogP contribution is 2.26. The molecule has 0 unspecified atom stereocenters. The molecule has 1 aromatic heterocycles. The Hall–Kier alpha value is -2.35. The molecule has 6 nitrogen and oxygen atoms in total. The van der Waals surface area contributed by atoms with E-state index in [0.717, 1.165) is 18.6 Å². The number of halogens is 2. The van der Waals surface area contributed by atoms with Gasteiger partial charge in [0.05, 0.1) is 10.7 Å². The Morgan fingerprint density at radius 2 is 1.89 bits per heavy atom. The molecule has 0 spiro atoms. The second-order valence-corrected chi connectivity index (χ2v) is 7.79. The number of carbonyl (C=O) groups excluding carboxylic acids is 1. The minimum atomic E-state index is -0.473. The summed E-state index contributed by atoms with van der Waals surface area (Å²) < 4.78 is 5.72. The number of nitrogens with one attached hydrogen (secondary N) is 2. The summed E-state index contributed by atoms with van der Waals surface area (Å²) in [5.74, 6) is 0.764. The van der Waals surface area contributed by atoms with Crippen molar-refractivity contribution in [3.05, 3.63) is 63.1 Å². The van der Waals surface area contributed by atoms with Crippen LogP contribution in [0, 0.1) is 0 Å². The van der Waals surface area contributed by atoms with Gasteiger partial charge in [0.2, 0.25) is 5.13 Å². The highest BCUT2D eigenvalue weighted by Gasteiger charge is 2.11. The molecule has 0 atom stereocenters. The topological polar surface area (TPSA) is 76.1 Å². The molecule has 28 heavy (non-hydrogen) atoms. The van der Waals surface area contributed by atoms with E-state index in [1.54, 1.807) is 18.2 Å². The molecule has 0 aliphatic carbocycles. The summed E-state index contributed by atoms with van der Waals surface area (Å²) >= 11 is 13.1. The van der Waals surface area contributed by atoms with Gasteiger partial charge in [0.1, 0.15) is 12.4 Å². The average molecular weight is 437 g/mol. The maximum atomic E-state index is 12.1. The molecule has 2 amide bonds. The number of hydrogen-bond acceptors (Lipinski definition) is 5. The SMILES string of the molecule is CCCc1ccc(OCc2nnc(NC(=O)Nc3ccc(Cl)cc3Cl)s2)cc1. The zero-order valence-corrected chi connectivity index (χ0v) is 17.4. The number of carbonyl (C=O) groups is 1. The van der Waals surface area contributed by atoms with Crippen molar-refractivity contribution < 1.29 is 9.53 Å². The fourth-order valence-electron chi connectivity index (χ4n) is 2.39. The molecule has 0 fully saturated rings. The van der Waals surface area contributed by atoms with E-state index in [0.29, 0.717) is 25.9 Å². The van der Waals surface area contributed by atoms with E-state index >= 15 is 0 Å². The van der Waals surface area contributed by atoms with E-state index in [-0.39, 0.29) is 6.61 Å². The third-order valence-corrected chi connectivity index (χ3v) is 5.05. The van der Waals surface area contributed by atoms with Crippen LogP contribution >= 0.6 is 34.5 Å². The van der Waals surface area contributed by atoms with Gasteiger partial charge >= 0.3 is 6.03 Å². The molecule has 0 aliphatic heterocycles. The highest BCUT2D eigenvalue weighted by atomic mass is 35.5. The summed E-state index contributed by atoms with van der Waals surface area (Å²) in [5, 5.41) is 15.1. The van der Waals surface area contributed by atoms with Gasteiger partial charge in [-0.1, -0.05) is 60.0 Å². The fraction of sp³-hybridized carbons (Fsp3) is 0.211. The van der Waals surface area contributed by atoms with Gasteiger partial charge in [0.15, 0.2) is 5.01 Å². The molecule has 2 N–H and O–H groups in total. The molecule has 0 saturated carbocycles. The number of ether oxygens (including phenoxy) is 1. The molecule has 3 rings (SSSR count). The number of aryl methyl sites for hydroxylation is 1. The second-order valence-electron chi connectivity index (χ2n) is 5.89. The zero-order valence-electron chi connectivity index (χ0n) is 15.0. The Bertz CT molecular complexity index is 947. The van der Waals surface area contributed by atoms with E-state index in [1.165, 1.54) is 16.9 Å². The minimum absolute atomic E-state index is 0.275. The number of benzene rings is 2. The van der Waals surface area contributed by atoms with E-state index in [4.69, 9.17) is 27.9 Å². The molecule has 0 saturated heterocycles. The lowest BCUT2D eigenvalue weighted by Gasteiger charge is -2.07. The lowest BCUT2D eigenvalue weighted by atomic mass is 10.1. The Morgan fingerprint density at radius 1 is 1.11 bits per heavy atom. The van der Waals surface area contributed by atoms with Crippen LogP contribution in [0.3, 0.4) is 0 Å². The van der Waals surface area contributed by atoms with Crippen molar-refractivity contribution in [2.75, 3.05) is 10.6 Å². The molecule has 0 radical (unpaired) electrons. The fourth-order valence-corrected chi connectivity index (χ4v) is 3.49. The quantitative estimate of drug-likeness (QED) is 0.474. The summed E-state index contributed by atoms with van der Waals surface area (Å²) in [6.45, 7) is 2.42. The first-order valence-corrected chi connectivity index (χ1v) is 10.2. The highest BCUT2D eigenvalue weighted by molar-refractivity contribution is 7.15. The van der Waals surface area contributed by atoms with Gasteiger partial charge in [-0.05, 0) is 42.3 Å². The third kappa shape index (κ3) is 5.82. The molecular formula is C19H18Cl2N4O2S. The van der Waals surface area contributed by atoms with Crippen LogP contribution in [-0.2, 0) is 13.0 Å². The van der Waals surface area contributed by atoms with Gasteiger partial charge < -0.3 is 10.1 Å². The maximum Gasteiger partial charge on any atom is 0.325 e. The lowest BCUT2D eigenvalue weighted by Crippen LogP contribution is -2.19. The van der Waals surface area contributed by atoms with E-state index in [2.05, 4.69) is 39.9 Å². The second kappa shape index (κ2) is 9.73. The molecule has 9 heteroatoms. The van der Waals surface area contributed by atoms with Crippen molar-refractivity contribution in [3.8, 4) is 5.75 Å². The predicted octanol–water partition coefficient (Wildman–Crippen LogP) is 6.02. The molecule has 1 heterocycles. The Balaban J connectivity index is 1.51. The van der Waals surface area contributed by atoms with Crippen molar-refractivity contribution >= 4 is 51.4 Å². The van der Waals surface area contributed by atoms with E-state index in [1.807, 2.05) is 12.1 Å². The van der Waals surface area contributed by atoms with Crippen LogP contribution in [0.2, 0.25) is 10.0 Å². The molecule has 0 bridgehead atoms. The molecule has 146 valence electrons. The van der Waals surface area contributed by atoms with Crippen LogP contribution in [0.15, 0.2) is 42.5 Å². The van der Waals surface area contributed by atoms with Gasteiger partial charge in [0, 0.05) is 5.02 Å². The first kappa shape index (κ1) is 20.4. The van der Waals surface area contributed by atoms with E-state index in [9.17, 15) is 4.79 Å². The van der Waals surface area contributed by atoms with Crippen LogP contribution in [0.4, 0.5) is 15.6 Å². The Morgan fingerprint density at radius 3 is 2.61 bits per heavy atom.